The summed E-state index contributed by atoms with van der Waals surface area (Å²) in [5.74, 6) is -0.672. The summed E-state index contributed by atoms with van der Waals surface area (Å²) in [6.45, 7) is 0. The van der Waals surface area contributed by atoms with Crippen molar-refractivity contribution in [3.05, 3.63) is 88.2 Å². The van der Waals surface area contributed by atoms with Crippen LogP contribution in [0.1, 0.15) is 20.8 Å². The first-order chi connectivity index (χ1) is 12.5. The van der Waals surface area contributed by atoms with Crippen LogP contribution < -0.4 is 10.1 Å². The summed E-state index contributed by atoms with van der Waals surface area (Å²) in [6, 6.07) is 18.1. The standard InChI is InChI=1S/C19H12Cl2N2O3/c20-15-10-11-16(21)23-17(15)19(25)26-14-8-6-13(7-9-14)22-18(24)12-4-2-1-3-5-12/h1-11H,(H,22,24). The van der Waals surface area contributed by atoms with E-state index in [0.717, 1.165) is 0 Å². The number of ether oxygens (including phenoxy) is 1. The van der Waals surface area contributed by atoms with Crippen LogP contribution in [0.5, 0.6) is 5.75 Å². The number of esters is 1. The largest absolute Gasteiger partial charge is 0.422 e. The van der Waals surface area contributed by atoms with Crippen LogP contribution in [0.25, 0.3) is 0 Å². The van der Waals surface area contributed by atoms with E-state index in [0.29, 0.717) is 11.3 Å². The van der Waals surface area contributed by atoms with Gasteiger partial charge in [-0.1, -0.05) is 41.4 Å². The van der Waals surface area contributed by atoms with E-state index < -0.39 is 5.97 Å². The number of carbonyl (C=O) groups excluding carboxylic acids is 2. The molecule has 2 aromatic carbocycles. The molecule has 0 aliphatic rings. The van der Waals surface area contributed by atoms with Crippen LogP contribution in [0.3, 0.4) is 0 Å². The predicted molar refractivity (Wildman–Crippen MR) is 100 cm³/mol. The molecule has 0 atom stereocenters. The average molecular weight is 387 g/mol. The van der Waals surface area contributed by atoms with Crippen LogP contribution in [0.2, 0.25) is 10.2 Å². The second-order valence-electron chi connectivity index (χ2n) is 5.20. The van der Waals surface area contributed by atoms with Gasteiger partial charge in [0.1, 0.15) is 10.9 Å². The zero-order valence-corrected chi connectivity index (χ0v) is 14.8. The van der Waals surface area contributed by atoms with Crippen molar-refractivity contribution in [2.45, 2.75) is 0 Å². The van der Waals surface area contributed by atoms with Crippen molar-refractivity contribution in [1.82, 2.24) is 4.98 Å². The van der Waals surface area contributed by atoms with Gasteiger partial charge in [-0.25, -0.2) is 9.78 Å². The highest BCUT2D eigenvalue weighted by molar-refractivity contribution is 6.34. The quantitative estimate of drug-likeness (QED) is 0.394. The lowest BCUT2D eigenvalue weighted by molar-refractivity contribution is 0.0728. The van der Waals surface area contributed by atoms with Crippen molar-refractivity contribution in [3.63, 3.8) is 0 Å². The second kappa shape index (κ2) is 7.99. The topological polar surface area (TPSA) is 68.3 Å². The summed E-state index contributed by atoms with van der Waals surface area (Å²) in [5, 5.41) is 3.04. The molecule has 0 saturated carbocycles. The second-order valence-corrected chi connectivity index (χ2v) is 5.99. The summed E-state index contributed by atoms with van der Waals surface area (Å²) in [5.41, 5.74) is 1.04. The summed E-state index contributed by atoms with van der Waals surface area (Å²) in [6.07, 6.45) is 0. The zero-order chi connectivity index (χ0) is 18.5. The summed E-state index contributed by atoms with van der Waals surface area (Å²) >= 11 is 11.7. The number of halogens is 2. The summed E-state index contributed by atoms with van der Waals surface area (Å²) < 4.78 is 5.22. The van der Waals surface area contributed by atoms with E-state index in [-0.39, 0.29) is 27.5 Å². The van der Waals surface area contributed by atoms with Gasteiger partial charge in [0.2, 0.25) is 0 Å². The fourth-order valence-corrected chi connectivity index (χ4v) is 2.45. The third kappa shape index (κ3) is 4.39. The number of pyridine rings is 1. The van der Waals surface area contributed by atoms with Gasteiger partial charge in [0.05, 0.1) is 5.02 Å². The van der Waals surface area contributed by atoms with Crippen molar-refractivity contribution in [3.8, 4) is 5.75 Å². The molecule has 130 valence electrons. The van der Waals surface area contributed by atoms with Crippen LogP contribution >= 0.6 is 23.2 Å². The fourth-order valence-electron chi connectivity index (χ4n) is 2.12. The van der Waals surface area contributed by atoms with Gasteiger partial charge in [-0.05, 0) is 48.5 Å². The molecule has 26 heavy (non-hydrogen) atoms. The third-order valence-electron chi connectivity index (χ3n) is 3.36. The van der Waals surface area contributed by atoms with E-state index in [4.69, 9.17) is 27.9 Å². The molecular weight excluding hydrogens is 375 g/mol. The summed E-state index contributed by atoms with van der Waals surface area (Å²) in [4.78, 5) is 28.1. The first-order valence-electron chi connectivity index (χ1n) is 7.53. The number of hydrogen-bond donors (Lipinski definition) is 1. The van der Waals surface area contributed by atoms with E-state index in [1.807, 2.05) is 6.07 Å². The minimum atomic E-state index is -0.724. The Labute approximate surface area is 159 Å². The molecule has 0 aliphatic heterocycles. The molecule has 1 N–H and O–H groups in total. The van der Waals surface area contributed by atoms with Crippen molar-refractivity contribution in [2.24, 2.45) is 0 Å². The lowest BCUT2D eigenvalue weighted by atomic mass is 10.2. The van der Waals surface area contributed by atoms with Crippen LogP contribution in [0, 0.1) is 0 Å². The smallest absolute Gasteiger partial charge is 0.363 e. The number of nitrogens with one attached hydrogen (secondary N) is 1. The normalized spacial score (nSPS) is 10.2. The molecule has 0 bridgehead atoms. The Kier molecular flexibility index (Phi) is 5.51. The van der Waals surface area contributed by atoms with E-state index in [1.54, 1.807) is 48.5 Å². The lowest BCUT2D eigenvalue weighted by Crippen LogP contribution is -2.12. The lowest BCUT2D eigenvalue weighted by Gasteiger charge is -2.08. The molecule has 1 heterocycles. The highest BCUT2D eigenvalue weighted by atomic mass is 35.5. The Bertz CT molecular complexity index is 945. The van der Waals surface area contributed by atoms with Gasteiger partial charge in [-0.2, -0.15) is 0 Å². The fraction of sp³-hybridized carbons (Fsp3) is 0. The van der Waals surface area contributed by atoms with Gasteiger partial charge in [-0.3, -0.25) is 4.79 Å². The highest BCUT2D eigenvalue weighted by Gasteiger charge is 2.15. The number of nitrogens with zero attached hydrogens (tertiary/aromatic N) is 1. The van der Waals surface area contributed by atoms with Crippen molar-refractivity contribution in [1.29, 1.82) is 0 Å². The third-order valence-corrected chi connectivity index (χ3v) is 3.88. The number of amides is 1. The maximum absolute atomic E-state index is 12.1. The van der Waals surface area contributed by atoms with Gasteiger partial charge < -0.3 is 10.1 Å². The molecular formula is C19H12Cl2N2O3. The van der Waals surface area contributed by atoms with Gasteiger partial charge in [0.15, 0.2) is 5.69 Å². The van der Waals surface area contributed by atoms with Crippen molar-refractivity contribution < 1.29 is 14.3 Å². The Balaban J connectivity index is 1.67. The molecule has 3 rings (SSSR count). The minimum Gasteiger partial charge on any atom is -0.422 e. The Morgan fingerprint density at radius 2 is 1.58 bits per heavy atom. The zero-order valence-electron chi connectivity index (χ0n) is 13.3. The predicted octanol–water partition coefficient (Wildman–Crippen LogP) is 4.86. The average Bonchev–Trinajstić information content (AvgIpc) is 2.66. The maximum atomic E-state index is 12.1. The van der Waals surface area contributed by atoms with E-state index >= 15 is 0 Å². The number of carbonyl (C=O) groups is 2. The van der Waals surface area contributed by atoms with E-state index in [9.17, 15) is 9.59 Å². The van der Waals surface area contributed by atoms with Crippen LogP contribution in [0.15, 0.2) is 66.7 Å². The molecule has 3 aromatic rings. The molecule has 0 fully saturated rings. The number of anilines is 1. The van der Waals surface area contributed by atoms with Crippen molar-refractivity contribution in [2.75, 3.05) is 5.32 Å². The molecule has 0 aliphatic carbocycles. The van der Waals surface area contributed by atoms with Crippen LogP contribution in [0.4, 0.5) is 5.69 Å². The molecule has 0 saturated heterocycles. The van der Waals surface area contributed by atoms with Crippen molar-refractivity contribution >= 4 is 40.8 Å². The number of rotatable bonds is 4. The minimum absolute atomic E-state index is 0.0689. The number of aromatic nitrogens is 1. The van der Waals surface area contributed by atoms with Gasteiger partial charge in [-0.15, -0.1) is 0 Å². The first-order valence-corrected chi connectivity index (χ1v) is 8.29. The monoisotopic (exact) mass is 386 g/mol. The number of hydrogen-bond acceptors (Lipinski definition) is 4. The first kappa shape index (κ1) is 17.9. The molecule has 0 unspecified atom stereocenters. The highest BCUT2D eigenvalue weighted by Crippen LogP contribution is 2.21. The summed E-state index contributed by atoms with van der Waals surface area (Å²) in [7, 11) is 0. The Morgan fingerprint density at radius 3 is 2.27 bits per heavy atom. The maximum Gasteiger partial charge on any atom is 0.363 e. The Hall–Kier alpha value is -2.89. The molecule has 0 spiro atoms. The van der Waals surface area contributed by atoms with Gasteiger partial charge in [0, 0.05) is 11.3 Å². The van der Waals surface area contributed by atoms with Gasteiger partial charge in [0.25, 0.3) is 5.91 Å². The molecule has 1 amide bonds. The van der Waals surface area contributed by atoms with Gasteiger partial charge >= 0.3 is 5.97 Å². The SMILES string of the molecule is O=C(Nc1ccc(OC(=O)c2nc(Cl)ccc2Cl)cc1)c1ccccc1. The van der Waals surface area contributed by atoms with E-state index in [1.165, 1.54) is 12.1 Å². The molecule has 1 aromatic heterocycles. The molecule has 7 heteroatoms. The van der Waals surface area contributed by atoms with E-state index in [2.05, 4.69) is 10.3 Å². The van der Waals surface area contributed by atoms with Crippen LogP contribution in [-0.2, 0) is 0 Å². The molecule has 0 radical (unpaired) electrons. The number of benzene rings is 2. The molecule has 5 nitrogen and oxygen atoms in total. The Morgan fingerprint density at radius 1 is 0.885 bits per heavy atom. The van der Waals surface area contributed by atoms with Crippen LogP contribution in [-0.4, -0.2) is 16.9 Å².